The Morgan fingerprint density at radius 1 is 0.941 bits per heavy atom. The number of carbonyl (C=O) groups is 2. The maximum atomic E-state index is 13.2. The van der Waals surface area contributed by atoms with Crippen molar-refractivity contribution in [1.29, 1.82) is 0 Å². The second kappa shape index (κ2) is 8.86. The maximum absolute atomic E-state index is 13.2. The van der Waals surface area contributed by atoms with Gasteiger partial charge in [0.05, 0.1) is 11.1 Å². The lowest BCUT2D eigenvalue weighted by atomic mass is 10.0. The molecule has 7 nitrogen and oxygen atoms in total. The molecule has 170 valence electrons. The van der Waals surface area contributed by atoms with Crippen LogP contribution in [0.2, 0.25) is 0 Å². The van der Waals surface area contributed by atoms with Crippen molar-refractivity contribution in [2.75, 3.05) is 18.5 Å². The lowest BCUT2D eigenvalue weighted by Crippen LogP contribution is -2.24. The fourth-order valence-electron chi connectivity index (χ4n) is 4.03. The van der Waals surface area contributed by atoms with Crippen LogP contribution in [0.4, 0.5) is 5.69 Å². The Morgan fingerprint density at radius 2 is 1.71 bits per heavy atom. The second-order valence-corrected chi connectivity index (χ2v) is 8.12. The Hall–Kier alpha value is -4.39. The monoisotopic (exact) mass is 454 g/mol. The van der Waals surface area contributed by atoms with Crippen LogP contribution in [0.3, 0.4) is 0 Å². The number of nitrogens with one attached hydrogen (secondary N) is 1. The summed E-state index contributed by atoms with van der Waals surface area (Å²) in [6.07, 6.45) is 1.47. The zero-order chi connectivity index (χ0) is 23.7. The third-order valence-corrected chi connectivity index (χ3v) is 5.66. The van der Waals surface area contributed by atoms with E-state index in [0.717, 1.165) is 5.56 Å². The van der Waals surface area contributed by atoms with Gasteiger partial charge in [-0.15, -0.1) is 0 Å². The molecule has 0 spiro atoms. The molecule has 1 aliphatic heterocycles. The number of hydrogen-bond donors (Lipinski definition) is 1. The van der Waals surface area contributed by atoms with Crippen molar-refractivity contribution in [3.8, 4) is 11.5 Å². The maximum Gasteiger partial charge on any atom is 0.244 e. The molecular formula is C27H22N2O5. The molecule has 0 aliphatic carbocycles. The van der Waals surface area contributed by atoms with Gasteiger partial charge in [-0.3, -0.25) is 14.4 Å². The van der Waals surface area contributed by atoms with Crippen LogP contribution in [-0.2, 0) is 11.3 Å². The Bertz CT molecular complexity index is 1470. The normalized spacial score (nSPS) is 12.4. The van der Waals surface area contributed by atoms with Gasteiger partial charge in [0.1, 0.15) is 19.8 Å². The topological polar surface area (TPSA) is 86.6 Å². The minimum atomic E-state index is -0.380. The standard InChI is InChI=1S/C27H22N2O5/c1-17-7-9-22-20(13-17)27(32)21(26(31)18-5-3-2-4-6-18)15-29(22)16-25(30)28-19-8-10-23-24(14-19)34-12-11-33-23/h2-10,13-15H,11-12,16H2,1H3,(H,28,30). The van der Waals surface area contributed by atoms with E-state index in [2.05, 4.69) is 5.32 Å². The van der Waals surface area contributed by atoms with Crippen molar-refractivity contribution in [2.45, 2.75) is 13.5 Å². The van der Waals surface area contributed by atoms with E-state index >= 15 is 0 Å². The molecule has 1 amide bonds. The summed E-state index contributed by atoms with van der Waals surface area (Å²) in [5, 5.41) is 3.25. The molecule has 0 saturated heterocycles. The summed E-state index contributed by atoms with van der Waals surface area (Å²) >= 11 is 0. The second-order valence-electron chi connectivity index (χ2n) is 8.12. The third kappa shape index (κ3) is 4.15. The lowest BCUT2D eigenvalue weighted by molar-refractivity contribution is -0.116. The van der Waals surface area contributed by atoms with Gasteiger partial charge in [0.25, 0.3) is 0 Å². The molecule has 2 heterocycles. The summed E-state index contributed by atoms with van der Waals surface area (Å²) in [5.41, 5.74) is 2.13. The minimum absolute atomic E-state index is 0.0245. The van der Waals surface area contributed by atoms with E-state index in [4.69, 9.17) is 9.47 Å². The zero-order valence-electron chi connectivity index (χ0n) is 18.5. The molecule has 1 aromatic heterocycles. The predicted molar refractivity (Wildman–Crippen MR) is 129 cm³/mol. The van der Waals surface area contributed by atoms with E-state index < -0.39 is 0 Å². The van der Waals surface area contributed by atoms with Crippen LogP contribution < -0.4 is 20.2 Å². The van der Waals surface area contributed by atoms with Crippen LogP contribution >= 0.6 is 0 Å². The number of aryl methyl sites for hydroxylation is 1. The number of amides is 1. The first-order valence-electron chi connectivity index (χ1n) is 10.9. The highest BCUT2D eigenvalue weighted by Crippen LogP contribution is 2.32. The van der Waals surface area contributed by atoms with E-state index in [1.165, 1.54) is 6.20 Å². The molecule has 7 heteroatoms. The molecule has 4 aromatic rings. The van der Waals surface area contributed by atoms with Gasteiger partial charge in [0.15, 0.2) is 17.3 Å². The lowest BCUT2D eigenvalue weighted by Gasteiger charge is -2.19. The summed E-state index contributed by atoms with van der Waals surface area (Å²) in [4.78, 5) is 39.3. The van der Waals surface area contributed by atoms with Gasteiger partial charge in [-0.25, -0.2) is 0 Å². The van der Waals surface area contributed by atoms with Gasteiger partial charge in [0.2, 0.25) is 11.3 Å². The van der Waals surface area contributed by atoms with Gasteiger partial charge in [-0.2, -0.15) is 0 Å². The zero-order valence-corrected chi connectivity index (χ0v) is 18.5. The van der Waals surface area contributed by atoms with Crippen molar-refractivity contribution in [2.24, 2.45) is 0 Å². The van der Waals surface area contributed by atoms with E-state index in [0.29, 0.717) is 46.9 Å². The molecule has 1 N–H and O–H groups in total. The quantitative estimate of drug-likeness (QED) is 0.462. The number of rotatable bonds is 5. The van der Waals surface area contributed by atoms with E-state index in [1.54, 1.807) is 65.2 Å². The highest BCUT2D eigenvalue weighted by atomic mass is 16.6. The van der Waals surface area contributed by atoms with E-state index in [1.807, 2.05) is 13.0 Å². The highest BCUT2D eigenvalue weighted by Gasteiger charge is 2.19. The molecule has 34 heavy (non-hydrogen) atoms. The van der Waals surface area contributed by atoms with Crippen LogP contribution in [-0.4, -0.2) is 29.5 Å². The third-order valence-electron chi connectivity index (χ3n) is 5.66. The Balaban J connectivity index is 1.50. The van der Waals surface area contributed by atoms with Crippen molar-refractivity contribution in [3.05, 3.63) is 99.8 Å². The van der Waals surface area contributed by atoms with E-state index in [9.17, 15) is 14.4 Å². The highest BCUT2D eigenvalue weighted by molar-refractivity contribution is 6.10. The first-order chi connectivity index (χ1) is 16.5. The molecule has 0 fully saturated rings. The fraction of sp³-hybridized carbons (Fsp3) is 0.148. The number of fused-ring (bicyclic) bond motifs is 2. The van der Waals surface area contributed by atoms with Gasteiger partial charge in [-0.05, 0) is 31.2 Å². The van der Waals surface area contributed by atoms with Gasteiger partial charge in [-0.1, -0.05) is 42.0 Å². The molecule has 5 rings (SSSR count). The van der Waals surface area contributed by atoms with Crippen LogP contribution in [0.5, 0.6) is 11.5 Å². The molecule has 0 bridgehead atoms. The van der Waals surface area contributed by atoms with Gasteiger partial charge < -0.3 is 19.4 Å². The number of nitrogens with zero attached hydrogens (tertiary/aromatic N) is 1. The number of ether oxygens (including phenoxy) is 2. The van der Waals surface area contributed by atoms with Crippen molar-refractivity contribution < 1.29 is 19.1 Å². The van der Waals surface area contributed by atoms with Crippen molar-refractivity contribution >= 4 is 28.3 Å². The number of anilines is 1. The van der Waals surface area contributed by atoms with Crippen molar-refractivity contribution in [1.82, 2.24) is 4.57 Å². The predicted octanol–water partition coefficient (Wildman–Crippen LogP) is 3.95. The van der Waals surface area contributed by atoms with Crippen LogP contribution in [0, 0.1) is 6.92 Å². The summed E-state index contributed by atoms with van der Waals surface area (Å²) in [7, 11) is 0. The molecule has 3 aromatic carbocycles. The summed E-state index contributed by atoms with van der Waals surface area (Å²) in [6.45, 7) is 2.74. The number of pyridine rings is 1. The summed E-state index contributed by atoms with van der Waals surface area (Å²) in [6, 6.07) is 19.2. The van der Waals surface area contributed by atoms with Crippen molar-refractivity contribution in [3.63, 3.8) is 0 Å². The van der Waals surface area contributed by atoms with Crippen LogP contribution in [0.1, 0.15) is 21.5 Å². The van der Waals surface area contributed by atoms with Gasteiger partial charge >= 0.3 is 0 Å². The molecular weight excluding hydrogens is 432 g/mol. The average molecular weight is 454 g/mol. The first-order valence-corrected chi connectivity index (χ1v) is 10.9. The smallest absolute Gasteiger partial charge is 0.244 e. The summed E-state index contributed by atoms with van der Waals surface area (Å²) in [5.74, 6) is 0.523. The number of carbonyl (C=O) groups excluding carboxylic acids is 2. The number of aromatic nitrogens is 1. The number of benzene rings is 3. The molecule has 1 aliphatic rings. The number of ketones is 1. The van der Waals surface area contributed by atoms with E-state index in [-0.39, 0.29) is 29.2 Å². The largest absolute Gasteiger partial charge is 0.486 e. The first kappa shape index (κ1) is 21.5. The van der Waals surface area contributed by atoms with Crippen LogP contribution in [0.25, 0.3) is 10.9 Å². The molecule has 0 atom stereocenters. The Morgan fingerprint density at radius 3 is 2.50 bits per heavy atom. The Kier molecular flexibility index (Phi) is 5.59. The summed E-state index contributed by atoms with van der Waals surface area (Å²) < 4.78 is 12.7. The number of hydrogen-bond acceptors (Lipinski definition) is 5. The molecule has 0 saturated carbocycles. The Labute approximate surface area is 195 Å². The molecule has 0 unspecified atom stereocenters. The fourth-order valence-corrected chi connectivity index (χ4v) is 4.03. The average Bonchev–Trinajstić information content (AvgIpc) is 2.85. The van der Waals surface area contributed by atoms with Crippen LogP contribution in [0.15, 0.2) is 77.7 Å². The van der Waals surface area contributed by atoms with Gasteiger partial charge in [0, 0.05) is 28.9 Å². The molecule has 0 radical (unpaired) electrons. The minimum Gasteiger partial charge on any atom is -0.486 e. The SMILES string of the molecule is Cc1ccc2c(c1)c(=O)c(C(=O)c1ccccc1)cn2CC(=O)Nc1ccc2c(c1)OCCO2.